The molecule has 0 radical (unpaired) electrons. The van der Waals surface area contributed by atoms with E-state index in [9.17, 15) is 9.59 Å². The molecule has 0 bridgehead atoms. The SMILES string of the molecule is O=C(N[C@@H](CCO)C(=O)O)c1cc2c(s1)CCC2. The Morgan fingerprint density at radius 2 is 2.22 bits per heavy atom. The van der Waals surface area contributed by atoms with Crippen LogP contribution >= 0.6 is 11.3 Å². The molecule has 1 amide bonds. The van der Waals surface area contributed by atoms with Gasteiger partial charge in [0, 0.05) is 17.9 Å². The van der Waals surface area contributed by atoms with Crippen LogP contribution in [-0.4, -0.2) is 34.7 Å². The molecule has 6 heteroatoms. The summed E-state index contributed by atoms with van der Waals surface area (Å²) >= 11 is 1.43. The third-order valence-corrected chi connectivity index (χ3v) is 4.23. The van der Waals surface area contributed by atoms with Gasteiger partial charge in [-0.1, -0.05) is 0 Å². The number of carbonyl (C=O) groups is 2. The molecule has 3 N–H and O–H groups in total. The number of hydrogen-bond acceptors (Lipinski definition) is 4. The quantitative estimate of drug-likeness (QED) is 0.738. The van der Waals surface area contributed by atoms with Gasteiger partial charge in [0.1, 0.15) is 6.04 Å². The lowest BCUT2D eigenvalue weighted by Crippen LogP contribution is -2.41. The molecule has 0 aliphatic heterocycles. The van der Waals surface area contributed by atoms with E-state index in [0.717, 1.165) is 19.3 Å². The van der Waals surface area contributed by atoms with Crippen LogP contribution in [-0.2, 0) is 17.6 Å². The first kappa shape index (κ1) is 13.0. The number of aryl methyl sites for hydroxylation is 2. The van der Waals surface area contributed by atoms with Gasteiger partial charge in [0.05, 0.1) is 4.88 Å². The minimum atomic E-state index is -1.12. The largest absolute Gasteiger partial charge is 0.480 e. The smallest absolute Gasteiger partial charge is 0.326 e. The number of hydrogen-bond donors (Lipinski definition) is 3. The maximum Gasteiger partial charge on any atom is 0.326 e. The lowest BCUT2D eigenvalue weighted by Gasteiger charge is -2.12. The number of amides is 1. The molecule has 1 aromatic heterocycles. The van der Waals surface area contributed by atoms with Crippen molar-refractivity contribution in [3.63, 3.8) is 0 Å². The first-order chi connectivity index (χ1) is 8.61. The monoisotopic (exact) mass is 269 g/mol. The molecule has 98 valence electrons. The average molecular weight is 269 g/mol. The molecule has 0 aromatic carbocycles. The van der Waals surface area contributed by atoms with E-state index in [1.165, 1.54) is 21.8 Å². The standard InChI is InChI=1S/C12H15NO4S/c14-5-4-8(12(16)17)13-11(15)10-6-7-2-1-3-9(7)18-10/h6,8,14H,1-5H2,(H,13,15)(H,16,17)/t8-/m0/s1. The Balaban J connectivity index is 2.04. The van der Waals surface area contributed by atoms with E-state index >= 15 is 0 Å². The van der Waals surface area contributed by atoms with E-state index in [1.54, 1.807) is 0 Å². The summed E-state index contributed by atoms with van der Waals surface area (Å²) in [7, 11) is 0. The highest BCUT2D eigenvalue weighted by Crippen LogP contribution is 2.30. The van der Waals surface area contributed by atoms with E-state index in [0.29, 0.717) is 4.88 Å². The second-order valence-corrected chi connectivity index (χ2v) is 5.43. The summed E-state index contributed by atoms with van der Waals surface area (Å²) in [6.45, 7) is -0.266. The molecule has 18 heavy (non-hydrogen) atoms. The van der Waals surface area contributed by atoms with Crippen LogP contribution in [0, 0.1) is 0 Å². The molecule has 0 saturated carbocycles. The molecule has 1 aliphatic carbocycles. The summed E-state index contributed by atoms with van der Waals surface area (Å²) < 4.78 is 0. The Labute approximate surface area is 108 Å². The number of thiophene rings is 1. The zero-order valence-electron chi connectivity index (χ0n) is 9.81. The summed E-state index contributed by atoms with van der Waals surface area (Å²) in [5, 5.41) is 20.1. The van der Waals surface area contributed by atoms with Gasteiger partial charge in [0.25, 0.3) is 5.91 Å². The maximum atomic E-state index is 11.9. The summed E-state index contributed by atoms with van der Waals surface area (Å²) in [4.78, 5) is 24.6. The Morgan fingerprint density at radius 1 is 1.44 bits per heavy atom. The molecule has 0 spiro atoms. The molecule has 1 aromatic rings. The summed E-state index contributed by atoms with van der Waals surface area (Å²) in [6.07, 6.45) is 3.15. The Bertz CT molecular complexity index is 447. The predicted molar refractivity (Wildman–Crippen MR) is 66.9 cm³/mol. The number of carboxylic acid groups (broad SMARTS) is 1. The number of aliphatic hydroxyl groups is 1. The van der Waals surface area contributed by atoms with Gasteiger partial charge >= 0.3 is 5.97 Å². The van der Waals surface area contributed by atoms with Crippen molar-refractivity contribution in [2.45, 2.75) is 31.7 Å². The first-order valence-electron chi connectivity index (χ1n) is 5.88. The summed E-state index contributed by atoms with van der Waals surface area (Å²) in [6, 6.07) is 0.819. The molecule has 1 aliphatic rings. The van der Waals surface area contributed by atoms with Gasteiger partial charge in [-0.3, -0.25) is 4.79 Å². The van der Waals surface area contributed by atoms with Crippen molar-refractivity contribution >= 4 is 23.2 Å². The highest BCUT2D eigenvalue weighted by molar-refractivity contribution is 7.14. The van der Waals surface area contributed by atoms with Crippen LogP contribution in [0.15, 0.2) is 6.07 Å². The zero-order valence-corrected chi connectivity index (χ0v) is 10.6. The van der Waals surface area contributed by atoms with Crippen LogP contribution in [0.2, 0.25) is 0 Å². The van der Waals surface area contributed by atoms with Crippen LogP contribution in [0.5, 0.6) is 0 Å². The van der Waals surface area contributed by atoms with Crippen molar-refractivity contribution in [3.8, 4) is 0 Å². The van der Waals surface area contributed by atoms with E-state index in [2.05, 4.69) is 5.32 Å². The minimum absolute atomic E-state index is 0.0200. The molecule has 1 atom stereocenters. The van der Waals surface area contributed by atoms with E-state index in [4.69, 9.17) is 10.2 Å². The molecule has 0 unspecified atom stereocenters. The number of nitrogens with one attached hydrogen (secondary N) is 1. The van der Waals surface area contributed by atoms with Crippen molar-refractivity contribution in [2.75, 3.05) is 6.61 Å². The summed E-state index contributed by atoms with van der Waals surface area (Å²) in [5.74, 6) is -1.49. The Kier molecular flexibility index (Phi) is 3.98. The van der Waals surface area contributed by atoms with Gasteiger partial charge in [-0.05, 0) is 30.9 Å². The van der Waals surface area contributed by atoms with Gasteiger partial charge in [-0.15, -0.1) is 11.3 Å². The van der Waals surface area contributed by atoms with Crippen LogP contribution in [0.3, 0.4) is 0 Å². The fourth-order valence-corrected chi connectivity index (χ4v) is 3.21. The zero-order chi connectivity index (χ0) is 13.1. The lowest BCUT2D eigenvalue weighted by molar-refractivity contribution is -0.139. The molecule has 0 saturated heterocycles. The van der Waals surface area contributed by atoms with Crippen LogP contribution in [0.4, 0.5) is 0 Å². The highest BCUT2D eigenvalue weighted by Gasteiger charge is 2.23. The number of rotatable bonds is 5. The van der Waals surface area contributed by atoms with E-state index < -0.39 is 12.0 Å². The van der Waals surface area contributed by atoms with Crippen molar-refractivity contribution in [2.24, 2.45) is 0 Å². The molecular weight excluding hydrogens is 254 g/mol. The van der Waals surface area contributed by atoms with Crippen LogP contribution in [0.25, 0.3) is 0 Å². The fraction of sp³-hybridized carbons (Fsp3) is 0.500. The lowest BCUT2D eigenvalue weighted by atomic mass is 10.2. The number of carbonyl (C=O) groups excluding carboxylic acids is 1. The van der Waals surface area contributed by atoms with Crippen molar-refractivity contribution < 1.29 is 19.8 Å². The minimum Gasteiger partial charge on any atom is -0.480 e. The molecule has 2 rings (SSSR count). The van der Waals surface area contributed by atoms with Crippen molar-refractivity contribution in [3.05, 3.63) is 21.4 Å². The van der Waals surface area contributed by atoms with Gasteiger partial charge in [0.15, 0.2) is 0 Å². The van der Waals surface area contributed by atoms with Crippen LogP contribution in [0.1, 0.15) is 33.0 Å². The third-order valence-electron chi connectivity index (χ3n) is 2.99. The van der Waals surface area contributed by atoms with E-state index in [1.807, 2.05) is 6.07 Å². The number of fused-ring (bicyclic) bond motifs is 1. The van der Waals surface area contributed by atoms with Gasteiger partial charge in [0.2, 0.25) is 0 Å². The number of aliphatic carboxylic acids is 1. The fourth-order valence-electron chi connectivity index (χ4n) is 2.06. The van der Waals surface area contributed by atoms with E-state index in [-0.39, 0.29) is 18.9 Å². The average Bonchev–Trinajstić information content (AvgIpc) is 2.87. The highest BCUT2D eigenvalue weighted by atomic mass is 32.1. The van der Waals surface area contributed by atoms with Crippen LogP contribution < -0.4 is 5.32 Å². The second kappa shape index (κ2) is 5.49. The van der Waals surface area contributed by atoms with Gasteiger partial charge in [-0.25, -0.2) is 4.79 Å². The van der Waals surface area contributed by atoms with Gasteiger partial charge < -0.3 is 15.5 Å². The molecule has 1 heterocycles. The second-order valence-electron chi connectivity index (χ2n) is 4.29. The number of aliphatic hydroxyl groups excluding tert-OH is 1. The van der Waals surface area contributed by atoms with Crippen molar-refractivity contribution in [1.29, 1.82) is 0 Å². The first-order valence-corrected chi connectivity index (χ1v) is 6.69. The van der Waals surface area contributed by atoms with Gasteiger partial charge in [-0.2, -0.15) is 0 Å². The molecule has 5 nitrogen and oxygen atoms in total. The molecule has 0 fully saturated rings. The maximum absolute atomic E-state index is 11.9. The third kappa shape index (κ3) is 2.70. The Morgan fingerprint density at radius 3 is 2.83 bits per heavy atom. The van der Waals surface area contributed by atoms with Crippen molar-refractivity contribution in [1.82, 2.24) is 5.32 Å². The summed E-state index contributed by atoms with van der Waals surface area (Å²) in [5.41, 5.74) is 1.21. The Hall–Kier alpha value is -1.40. The molecular formula is C12H15NO4S. The number of carboxylic acids is 1. The predicted octanol–water partition coefficient (Wildman–Crippen LogP) is 0.802. The topological polar surface area (TPSA) is 86.6 Å². The normalized spacial score (nSPS) is 15.2.